The van der Waals surface area contributed by atoms with E-state index in [1.54, 1.807) is 42.5 Å². The molecule has 2 atom stereocenters. The van der Waals surface area contributed by atoms with Gasteiger partial charge in [0.2, 0.25) is 11.8 Å². The van der Waals surface area contributed by atoms with Gasteiger partial charge in [-0.1, -0.05) is 47.1 Å². The van der Waals surface area contributed by atoms with Gasteiger partial charge in [-0.2, -0.15) is 5.26 Å². The molecule has 2 aromatic carbocycles. The highest BCUT2D eigenvalue weighted by molar-refractivity contribution is 8.03. The summed E-state index contributed by atoms with van der Waals surface area (Å²) < 4.78 is 10.3. The van der Waals surface area contributed by atoms with Gasteiger partial charge in [-0.15, -0.1) is 0 Å². The number of carbonyl (C=O) groups excluding carboxylic acids is 3. The Balaban J connectivity index is 1.93. The summed E-state index contributed by atoms with van der Waals surface area (Å²) in [5.41, 5.74) is 1.08. The average molecular weight is 534 g/mol. The summed E-state index contributed by atoms with van der Waals surface area (Å²) in [6.45, 7) is 2.21. The van der Waals surface area contributed by atoms with E-state index in [1.807, 2.05) is 6.92 Å². The second kappa shape index (κ2) is 12.0. The maximum atomic E-state index is 12.9. The summed E-state index contributed by atoms with van der Waals surface area (Å²) in [5.74, 6) is -3.76. The zero-order chi connectivity index (χ0) is 25.5. The molecule has 0 saturated carbocycles. The Bertz CT molecular complexity index is 1230. The summed E-state index contributed by atoms with van der Waals surface area (Å²) in [6, 6.07) is 13.5. The van der Waals surface area contributed by atoms with Crippen LogP contribution in [0.25, 0.3) is 0 Å². The second-order valence-electron chi connectivity index (χ2n) is 7.29. The first-order chi connectivity index (χ1) is 16.8. The van der Waals surface area contributed by atoms with Crippen molar-refractivity contribution in [1.82, 2.24) is 5.32 Å². The minimum Gasteiger partial charge on any atom is -0.492 e. The molecule has 0 unspecified atom stereocenters. The van der Waals surface area contributed by atoms with Crippen LogP contribution in [0.2, 0.25) is 10.0 Å². The summed E-state index contributed by atoms with van der Waals surface area (Å²) in [7, 11) is 1.16. The molecule has 3 rings (SSSR count). The van der Waals surface area contributed by atoms with Crippen LogP contribution in [0.4, 0.5) is 5.69 Å². The number of hydrogen-bond acceptors (Lipinski definition) is 7. The summed E-state index contributed by atoms with van der Waals surface area (Å²) in [6.07, 6.45) is 0. The Labute approximate surface area is 216 Å². The van der Waals surface area contributed by atoms with Gasteiger partial charge in [0, 0.05) is 16.6 Å². The predicted octanol–water partition coefficient (Wildman–Crippen LogP) is 4.50. The van der Waals surface area contributed by atoms with Crippen molar-refractivity contribution in [3.63, 3.8) is 0 Å². The van der Waals surface area contributed by atoms with Crippen LogP contribution >= 0.6 is 35.0 Å². The number of thioether (sulfide) groups is 1. The van der Waals surface area contributed by atoms with Crippen molar-refractivity contribution in [2.45, 2.75) is 12.8 Å². The number of rotatable bonds is 8. The fraction of sp³-hybridized carbons (Fsp3) is 0.250. The van der Waals surface area contributed by atoms with Crippen molar-refractivity contribution < 1.29 is 23.9 Å². The van der Waals surface area contributed by atoms with Crippen LogP contribution in [0, 0.1) is 17.2 Å². The second-order valence-corrected chi connectivity index (χ2v) is 9.12. The third-order valence-corrected chi connectivity index (χ3v) is 6.60. The first kappa shape index (κ1) is 26.4. The normalized spacial score (nSPS) is 17.3. The molecule has 2 aromatic rings. The van der Waals surface area contributed by atoms with E-state index in [-0.39, 0.29) is 27.3 Å². The fourth-order valence-corrected chi connectivity index (χ4v) is 4.85. The quantitative estimate of drug-likeness (QED) is 0.378. The molecule has 0 bridgehead atoms. The molecule has 2 N–H and O–H groups in total. The molecule has 1 aliphatic rings. The van der Waals surface area contributed by atoms with Crippen molar-refractivity contribution in [1.29, 1.82) is 5.26 Å². The molecule has 182 valence electrons. The van der Waals surface area contributed by atoms with Crippen LogP contribution < -0.4 is 15.4 Å². The van der Waals surface area contributed by atoms with Crippen LogP contribution in [0.1, 0.15) is 18.4 Å². The van der Waals surface area contributed by atoms with E-state index in [9.17, 15) is 19.6 Å². The number of nitrogens with one attached hydrogen (secondary N) is 2. The molecular formula is C24H21Cl2N3O5S. The molecule has 2 amide bonds. The number of halogens is 2. The first-order valence-corrected chi connectivity index (χ1v) is 12.2. The minimum atomic E-state index is -1.31. The highest BCUT2D eigenvalue weighted by Crippen LogP contribution is 2.42. The monoisotopic (exact) mass is 533 g/mol. The molecule has 0 radical (unpaired) electrons. The van der Waals surface area contributed by atoms with Gasteiger partial charge in [0.25, 0.3) is 0 Å². The predicted molar refractivity (Wildman–Crippen MR) is 134 cm³/mol. The van der Waals surface area contributed by atoms with Gasteiger partial charge >= 0.3 is 5.97 Å². The number of nitrogens with zero attached hydrogens (tertiary/aromatic N) is 1. The van der Waals surface area contributed by atoms with E-state index in [0.29, 0.717) is 28.6 Å². The molecular weight excluding hydrogens is 513 g/mol. The van der Waals surface area contributed by atoms with Crippen LogP contribution in [0.5, 0.6) is 5.75 Å². The lowest BCUT2D eigenvalue weighted by Gasteiger charge is -2.31. The van der Waals surface area contributed by atoms with Crippen molar-refractivity contribution >= 4 is 58.4 Å². The van der Waals surface area contributed by atoms with E-state index < -0.39 is 23.7 Å². The van der Waals surface area contributed by atoms with E-state index in [0.717, 1.165) is 18.9 Å². The summed E-state index contributed by atoms with van der Waals surface area (Å²) in [5, 5.41) is 16.2. The average Bonchev–Trinajstić information content (AvgIpc) is 2.83. The molecule has 0 saturated heterocycles. The molecule has 0 aromatic heterocycles. The zero-order valence-corrected chi connectivity index (χ0v) is 21.1. The molecule has 0 spiro atoms. The van der Waals surface area contributed by atoms with E-state index in [1.165, 1.54) is 0 Å². The fourth-order valence-electron chi connectivity index (χ4n) is 3.56. The smallest absolute Gasteiger partial charge is 0.319 e. The molecule has 35 heavy (non-hydrogen) atoms. The molecule has 0 fully saturated rings. The number of allylic oxidation sites excluding steroid dienone is 1. The Morgan fingerprint density at radius 3 is 2.63 bits per heavy atom. The summed E-state index contributed by atoms with van der Waals surface area (Å²) in [4.78, 5) is 37.9. The van der Waals surface area contributed by atoms with Gasteiger partial charge in [-0.3, -0.25) is 14.4 Å². The van der Waals surface area contributed by atoms with Crippen LogP contribution in [0.3, 0.4) is 0 Å². The lowest BCUT2D eigenvalue weighted by Crippen LogP contribution is -2.44. The van der Waals surface area contributed by atoms with Crippen molar-refractivity contribution in [2.75, 3.05) is 24.8 Å². The first-order valence-electron chi connectivity index (χ1n) is 10.4. The van der Waals surface area contributed by atoms with Gasteiger partial charge in [0.1, 0.15) is 11.7 Å². The number of methoxy groups -OCH3 is 1. The highest BCUT2D eigenvalue weighted by Gasteiger charge is 2.44. The van der Waals surface area contributed by atoms with Gasteiger partial charge in [-0.25, -0.2) is 0 Å². The van der Waals surface area contributed by atoms with E-state index in [4.69, 9.17) is 32.7 Å². The van der Waals surface area contributed by atoms with Crippen LogP contribution in [-0.2, 0) is 19.1 Å². The number of amides is 2. The molecule has 1 aliphatic heterocycles. The van der Waals surface area contributed by atoms with Gasteiger partial charge < -0.3 is 20.1 Å². The van der Waals surface area contributed by atoms with Crippen molar-refractivity contribution in [2.24, 2.45) is 5.92 Å². The maximum absolute atomic E-state index is 12.9. The Morgan fingerprint density at radius 1 is 1.23 bits per heavy atom. The Morgan fingerprint density at radius 2 is 2.00 bits per heavy atom. The van der Waals surface area contributed by atoms with Crippen molar-refractivity contribution in [3.8, 4) is 11.8 Å². The SMILES string of the molecule is CCOc1ccc([C@H]2C(C#N)=C(SCC(=O)Nc3cccc(Cl)c3)NC(=O)[C@H]2C(=O)OC)cc1Cl. The van der Waals surface area contributed by atoms with Crippen molar-refractivity contribution in [3.05, 3.63) is 68.7 Å². The number of anilines is 1. The number of esters is 1. The number of nitriles is 1. The molecule has 8 nitrogen and oxygen atoms in total. The standard InChI is InChI=1S/C24H21Cl2N3O5S/c1-3-34-18-8-7-13(9-17(18)26)20-16(11-27)23(29-22(31)21(20)24(32)33-2)35-12-19(30)28-15-6-4-5-14(25)10-15/h4-10,20-21H,3,12H2,1-2H3,(H,28,30)(H,29,31)/t20-,21-/m0/s1. The van der Waals surface area contributed by atoms with E-state index in [2.05, 4.69) is 16.7 Å². The number of carbonyl (C=O) groups is 3. The zero-order valence-electron chi connectivity index (χ0n) is 18.8. The topological polar surface area (TPSA) is 118 Å². The number of benzene rings is 2. The van der Waals surface area contributed by atoms with Crippen LogP contribution in [-0.4, -0.2) is 37.3 Å². The Kier molecular flexibility index (Phi) is 9.04. The lowest BCUT2D eigenvalue weighted by molar-refractivity contribution is -0.150. The molecule has 11 heteroatoms. The Hall–Kier alpha value is -3.19. The largest absolute Gasteiger partial charge is 0.492 e. The van der Waals surface area contributed by atoms with Gasteiger partial charge in [-0.05, 0) is 42.8 Å². The third kappa shape index (κ3) is 6.28. The number of hydrogen-bond donors (Lipinski definition) is 2. The van der Waals surface area contributed by atoms with E-state index >= 15 is 0 Å². The minimum absolute atomic E-state index is 0.104. The maximum Gasteiger partial charge on any atom is 0.319 e. The molecule has 0 aliphatic carbocycles. The van der Waals surface area contributed by atoms with Gasteiger partial charge in [0.05, 0.1) is 41.2 Å². The lowest BCUT2D eigenvalue weighted by atomic mass is 9.78. The number of ether oxygens (including phenoxy) is 2. The third-order valence-electron chi connectivity index (χ3n) is 5.05. The highest BCUT2D eigenvalue weighted by atomic mass is 35.5. The molecule has 1 heterocycles. The summed E-state index contributed by atoms with van der Waals surface area (Å²) >= 11 is 13.2. The van der Waals surface area contributed by atoms with Crippen LogP contribution in [0.15, 0.2) is 53.1 Å². The van der Waals surface area contributed by atoms with Gasteiger partial charge in [0.15, 0.2) is 0 Å².